The van der Waals surface area contributed by atoms with E-state index >= 15 is 0 Å². The van der Waals surface area contributed by atoms with E-state index in [4.69, 9.17) is 16.3 Å². The first-order chi connectivity index (χ1) is 13.2. The average molecular weight is 388 g/mol. The van der Waals surface area contributed by atoms with Crippen molar-refractivity contribution in [1.82, 2.24) is 10.2 Å². The van der Waals surface area contributed by atoms with Crippen molar-refractivity contribution in [3.63, 3.8) is 0 Å². The van der Waals surface area contributed by atoms with E-state index in [-0.39, 0.29) is 5.91 Å². The third-order valence-corrected chi connectivity index (χ3v) is 5.24. The van der Waals surface area contributed by atoms with Gasteiger partial charge in [0.15, 0.2) is 0 Å². The van der Waals surface area contributed by atoms with E-state index in [1.54, 1.807) is 7.11 Å². The number of methoxy groups -OCH3 is 1. The number of benzene rings is 2. The highest BCUT2D eigenvalue weighted by Crippen LogP contribution is 2.20. The number of nitrogens with one attached hydrogen (secondary N) is 1. The van der Waals surface area contributed by atoms with E-state index in [1.165, 1.54) is 5.69 Å². The highest BCUT2D eigenvalue weighted by atomic mass is 35.5. The number of nitrogens with zero attached hydrogens (tertiary/aromatic N) is 2. The third kappa shape index (κ3) is 5.62. The van der Waals surface area contributed by atoms with Crippen LogP contribution in [0, 0.1) is 0 Å². The normalized spacial score (nSPS) is 14.8. The molecule has 2 aromatic carbocycles. The van der Waals surface area contributed by atoms with Crippen molar-refractivity contribution in [1.29, 1.82) is 0 Å². The van der Waals surface area contributed by atoms with Crippen LogP contribution in [0.5, 0.6) is 5.75 Å². The maximum atomic E-state index is 12.1. The fourth-order valence-electron chi connectivity index (χ4n) is 3.25. The standard InChI is InChI=1S/C21H26ClN3O2/c1-27-19-8-6-18(7-9-19)25-14-12-24(13-15-25)11-10-23-21(26)16-17-4-2-3-5-20(17)22/h2-9H,10-16H2,1H3,(H,23,26). The minimum Gasteiger partial charge on any atom is -0.497 e. The van der Waals surface area contributed by atoms with Crippen LogP contribution in [-0.4, -0.2) is 57.2 Å². The lowest BCUT2D eigenvalue weighted by Crippen LogP contribution is -2.48. The Morgan fingerprint density at radius 2 is 1.78 bits per heavy atom. The molecule has 3 rings (SSSR count). The quantitative estimate of drug-likeness (QED) is 0.793. The zero-order valence-corrected chi connectivity index (χ0v) is 16.4. The monoisotopic (exact) mass is 387 g/mol. The Morgan fingerprint density at radius 3 is 2.44 bits per heavy atom. The van der Waals surface area contributed by atoms with Gasteiger partial charge in [0, 0.05) is 50.0 Å². The van der Waals surface area contributed by atoms with Crippen molar-refractivity contribution < 1.29 is 9.53 Å². The van der Waals surface area contributed by atoms with Gasteiger partial charge in [0.05, 0.1) is 13.5 Å². The average Bonchev–Trinajstić information content (AvgIpc) is 2.70. The summed E-state index contributed by atoms with van der Waals surface area (Å²) in [5.74, 6) is 0.893. The molecule has 0 bridgehead atoms. The van der Waals surface area contributed by atoms with Crippen molar-refractivity contribution in [2.45, 2.75) is 6.42 Å². The first-order valence-corrected chi connectivity index (χ1v) is 9.65. The Hall–Kier alpha value is -2.24. The SMILES string of the molecule is COc1ccc(N2CCN(CCNC(=O)Cc3ccccc3Cl)CC2)cc1. The van der Waals surface area contributed by atoms with E-state index in [0.29, 0.717) is 18.0 Å². The minimum absolute atomic E-state index is 0.0139. The Bertz CT molecular complexity index is 743. The summed E-state index contributed by atoms with van der Waals surface area (Å²) in [6, 6.07) is 15.7. The molecular weight excluding hydrogens is 362 g/mol. The molecule has 1 aliphatic rings. The van der Waals surface area contributed by atoms with Gasteiger partial charge in [0.2, 0.25) is 5.91 Å². The predicted octanol–water partition coefficient (Wildman–Crippen LogP) is 2.83. The van der Waals surface area contributed by atoms with Gasteiger partial charge in [-0.2, -0.15) is 0 Å². The molecule has 5 nitrogen and oxygen atoms in total. The number of rotatable bonds is 7. The summed E-state index contributed by atoms with van der Waals surface area (Å²) in [4.78, 5) is 16.9. The van der Waals surface area contributed by atoms with Crippen molar-refractivity contribution in [3.05, 3.63) is 59.1 Å². The first-order valence-electron chi connectivity index (χ1n) is 9.27. The summed E-state index contributed by atoms with van der Waals surface area (Å²) in [5, 5.41) is 3.64. The summed E-state index contributed by atoms with van der Waals surface area (Å²) >= 11 is 6.11. The lowest BCUT2D eigenvalue weighted by molar-refractivity contribution is -0.120. The second-order valence-electron chi connectivity index (χ2n) is 6.64. The van der Waals surface area contributed by atoms with Crippen LogP contribution in [0.4, 0.5) is 5.69 Å². The van der Waals surface area contributed by atoms with E-state index in [0.717, 1.165) is 44.0 Å². The molecule has 27 heavy (non-hydrogen) atoms. The molecule has 0 saturated carbocycles. The molecule has 144 valence electrons. The van der Waals surface area contributed by atoms with Crippen LogP contribution in [0.15, 0.2) is 48.5 Å². The fourth-order valence-corrected chi connectivity index (χ4v) is 3.46. The maximum Gasteiger partial charge on any atom is 0.224 e. The third-order valence-electron chi connectivity index (χ3n) is 4.87. The van der Waals surface area contributed by atoms with Gasteiger partial charge in [0.1, 0.15) is 5.75 Å². The van der Waals surface area contributed by atoms with Gasteiger partial charge in [-0.05, 0) is 35.9 Å². The smallest absolute Gasteiger partial charge is 0.224 e. The van der Waals surface area contributed by atoms with Gasteiger partial charge in [-0.15, -0.1) is 0 Å². The van der Waals surface area contributed by atoms with Gasteiger partial charge >= 0.3 is 0 Å². The number of carbonyl (C=O) groups excluding carboxylic acids is 1. The first kappa shape index (κ1) is 19.5. The van der Waals surface area contributed by atoms with E-state index in [2.05, 4.69) is 27.2 Å². The second kappa shape index (κ2) is 9.62. The lowest BCUT2D eigenvalue weighted by Gasteiger charge is -2.36. The summed E-state index contributed by atoms with van der Waals surface area (Å²) in [7, 11) is 1.68. The summed E-state index contributed by atoms with van der Waals surface area (Å²) in [6.07, 6.45) is 0.324. The number of hydrogen-bond acceptors (Lipinski definition) is 4. The zero-order chi connectivity index (χ0) is 19.1. The molecule has 1 saturated heterocycles. The Balaban J connectivity index is 1.37. The topological polar surface area (TPSA) is 44.8 Å². The molecule has 0 atom stereocenters. The molecule has 6 heteroatoms. The molecule has 0 unspecified atom stereocenters. The van der Waals surface area contributed by atoms with Crippen molar-refractivity contribution >= 4 is 23.2 Å². The van der Waals surface area contributed by atoms with Gasteiger partial charge in [-0.25, -0.2) is 0 Å². The largest absolute Gasteiger partial charge is 0.497 e. The van der Waals surface area contributed by atoms with Crippen LogP contribution in [0.3, 0.4) is 0 Å². The van der Waals surface area contributed by atoms with Crippen molar-refractivity contribution in [2.75, 3.05) is 51.3 Å². The van der Waals surface area contributed by atoms with E-state index in [9.17, 15) is 4.79 Å². The highest BCUT2D eigenvalue weighted by molar-refractivity contribution is 6.31. The number of carbonyl (C=O) groups is 1. The molecule has 1 aliphatic heterocycles. The number of amides is 1. The van der Waals surface area contributed by atoms with Crippen LogP contribution in [0.2, 0.25) is 5.02 Å². The second-order valence-corrected chi connectivity index (χ2v) is 7.05. The number of ether oxygens (including phenoxy) is 1. The molecule has 0 spiro atoms. The van der Waals surface area contributed by atoms with Crippen LogP contribution in [-0.2, 0) is 11.2 Å². The highest BCUT2D eigenvalue weighted by Gasteiger charge is 2.17. The molecule has 2 aromatic rings. The molecule has 0 radical (unpaired) electrons. The van der Waals surface area contributed by atoms with Gasteiger partial charge in [0.25, 0.3) is 0 Å². The van der Waals surface area contributed by atoms with Gasteiger partial charge in [-0.3, -0.25) is 9.69 Å². The van der Waals surface area contributed by atoms with Crippen LogP contribution >= 0.6 is 11.6 Å². The molecule has 1 amide bonds. The number of anilines is 1. The van der Waals surface area contributed by atoms with E-state index in [1.807, 2.05) is 36.4 Å². The molecule has 1 N–H and O–H groups in total. The summed E-state index contributed by atoms with van der Waals surface area (Å²) in [6.45, 7) is 5.48. The maximum absolute atomic E-state index is 12.1. The van der Waals surface area contributed by atoms with Crippen LogP contribution in [0.25, 0.3) is 0 Å². The lowest BCUT2D eigenvalue weighted by atomic mass is 10.1. The van der Waals surface area contributed by atoms with Crippen LogP contribution < -0.4 is 15.0 Å². The number of halogens is 1. The van der Waals surface area contributed by atoms with Crippen molar-refractivity contribution in [2.24, 2.45) is 0 Å². The van der Waals surface area contributed by atoms with Crippen LogP contribution in [0.1, 0.15) is 5.56 Å². The Kier molecular flexibility index (Phi) is 6.96. The molecular formula is C21H26ClN3O2. The number of hydrogen-bond donors (Lipinski definition) is 1. The van der Waals surface area contributed by atoms with Gasteiger partial charge < -0.3 is 15.0 Å². The van der Waals surface area contributed by atoms with Gasteiger partial charge in [-0.1, -0.05) is 29.8 Å². The Labute approximate surface area is 165 Å². The van der Waals surface area contributed by atoms with Crippen molar-refractivity contribution in [3.8, 4) is 5.75 Å². The molecule has 0 aliphatic carbocycles. The molecule has 1 fully saturated rings. The fraction of sp³-hybridized carbons (Fsp3) is 0.381. The minimum atomic E-state index is 0.0139. The number of piperazine rings is 1. The predicted molar refractivity (Wildman–Crippen MR) is 110 cm³/mol. The van der Waals surface area contributed by atoms with E-state index < -0.39 is 0 Å². The zero-order valence-electron chi connectivity index (χ0n) is 15.7. The molecule has 1 heterocycles. The Morgan fingerprint density at radius 1 is 1.07 bits per heavy atom. The summed E-state index contributed by atoms with van der Waals surface area (Å²) < 4.78 is 5.21. The molecule has 0 aromatic heterocycles. The summed E-state index contributed by atoms with van der Waals surface area (Å²) in [5.41, 5.74) is 2.09.